The summed E-state index contributed by atoms with van der Waals surface area (Å²) in [6.07, 6.45) is 10.8. The zero-order valence-electron chi connectivity index (χ0n) is 17.3. The number of halogens is 2. The summed E-state index contributed by atoms with van der Waals surface area (Å²) < 4.78 is 33.1. The first kappa shape index (κ1) is 22.7. The molecule has 0 atom stereocenters. The van der Waals surface area contributed by atoms with Crippen molar-refractivity contribution in [1.82, 2.24) is 9.88 Å². The number of carbonyl (C=O) groups excluding carboxylic acids is 3. The maximum atomic E-state index is 13.5. The first-order chi connectivity index (χ1) is 15.1. The third-order valence-corrected chi connectivity index (χ3v) is 5.17. The van der Waals surface area contributed by atoms with Crippen molar-refractivity contribution in [1.29, 1.82) is 0 Å². The van der Waals surface area contributed by atoms with Gasteiger partial charge in [-0.15, -0.1) is 12.8 Å². The average molecular weight is 439 g/mol. The lowest BCUT2D eigenvalue weighted by molar-refractivity contribution is -0.124. The second kappa shape index (κ2) is 8.66. The lowest BCUT2D eigenvalue weighted by atomic mass is 9.97. The van der Waals surface area contributed by atoms with Crippen LogP contribution in [-0.2, 0) is 16.1 Å². The topological polar surface area (TPSA) is 89.4 Å². The molecule has 0 radical (unpaired) electrons. The molecular weight excluding hydrogens is 420 g/mol. The molecule has 1 saturated heterocycles. The standard InChI is InChI=1S/C23H19F2N3O4/c1-5-9-28-14(4)18(20(29)22(31)27-23(6-2)11-32-12-23)13(3)19(28)21(30)26-15-7-8-16(24)17(25)10-15/h1-2,7-8,10H,9,11-12H2,3-4H3,(H,26,30)(H,27,31). The number of nitrogens with one attached hydrogen (secondary N) is 2. The van der Waals surface area contributed by atoms with Crippen LogP contribution in [0, 0.1) is 50.2 Å². The van der Waals surface area contributed by atoms with Crippen LogP contribution < -0.4 is 10.6 Å². The number of carbonyl (C=O) groups is 3. The predicted molar refractivity (Wildman–Crippen MR) is 112 cm³/mol. The molecular formula is C23H19F2N3O4. The fourth-order valence-corrected chi connectivity index (χ4v) is 3.46. The van der Waals surface area contributed by atoms with Crippen LogP contribution in [0.25, 0.3) is 0 Å². The Morgan fingerprint density at radius 1 is 1.19 bits per heavy atom. The first-order valence-corrected chi connectivity index (χ1v) is 9.46. The molecule has 3 rings (SSSR count). The van der Waals surface area contributed by atoms with Crippen LogP contribution in [0.1, 0.15) is 32.1 Å². The van der Waals surface area contributed by atoms with Crippen LogP contribution in [0.5, 0.6) is 0 Å². The van der Waals surface area contributed by atoms with Crippen molar-refractivity contribution < 1.29 is 27.9 Å². The zero-order chi connectivity index (χ0) is 23.6. The van der Waals surface area contributed by atoms with Crippen LogP contribution >= 0.6 is 0 Å². The van der Waals surface area contributed by atoms with E-state index in [0.29, 0.717) is 5.69 Å². The molecule has 2 amide bonds. The molecule has 1 aromatic carbocycles. The Morgan fingerprint density at radius 2 is 1.88 bits per heavy atom. The molecule has 2 heterocycles. The Labute approximate surface area is 183 Å². The van der Waals surface area contributed by atoms with Crippen molar-refractivity contribution in [2.75, 3.05) is 18.5 Å². The van der Waals surface area contributed by atoms with E-state index in [1.54, 1.807) is 6.92 Å². The number of Topliss-reactive ketones (excluding diaryl/α,β-unsaturated/α-hetero) is 1. The second-order valence-corrected chi connectivity index (χ2v) is 7.31. The summed E-state index contributed by atoms with van der Waals surface area (Å²) >= 11 is 0. The number of hydrogen-bond acceptors (Lipinski definition) is 4. The smallest absolute Gasteiger partial charge is 0.293 e. The van der Waals surface area contributed by atoms with Gasteiger partial charge in [-0.3, -0.25) is 14.4 Å². The molecule has 32 heavy (non-hydrogen) atoms. The number of ketones is 1. The number of amides is 2. The van der Waals surface area contributed by atoms with E-state index < -0.39 is 34.8 Å². The Bertz CT molecular complexity index is 1210. The largest absolute Gasteiger partial charge is 0.374 e. The van der Waals surface area contributed by atoms with Gasteiger partial charge in [-0.1, -0.05) is 11.8 Å². The van der Waals surface area contributed by atoms with E-state index in [0.717, 1.165) is 12.1 Å². The highest BCUT2D eigenvalue weighted by molar-refractivity contribution is 6.44. The van der Waals surface area contributed by atoms with Crippen molar-refractivity contribution in [3.05, 3.63) is 52.3 Å². The van der Waals surface area contributed by atoms with Crippen molar-refractivity contribution in [3.63, 3.8) is 0 Å². The van der Waals surface area contributed by atoms with Crippen LogP contribution in [-0.4, -0.2) is 40.9 Å². The molecule has 0 saturated carbocycles. The zero-order valence-corrected chi connectivity index (χ0v) is 17.3. The highest BCUT2D eigenvalue weighted by atomic mass is 19.2. The summed E-state index contributed by atoms with van der Waals surface area (Å²) in [6, 6.07) is 2.88. The minimum Gasteiger partial charge on any atom is -0.374 e. The normalized spacial score (nSPS) is 13.9. The third kappa shape index (κ3) is 3.98. The minimum absolute atomic E-state index is 0.000556. The van der Waals surface area contributed by atoms with Gasteiger partial charge in [0.05, 0.1) is 25.3 Å². The molecule has 1 aliphatic rings. The summed E-state index contributed by atoms with van der Waals surface area (Å²) in [5.41, 5.74) is -0.525. The SMILES string of the molecule is C#CCn1c(C)c(C(=O)C(=O)NC2(C#C)COC2)c(C)c1C(=O)Nc1ccc(F)c(F)c1. The van der Waals surface area contributed by atoms with E-state index in [9.17, 15) is 23.2 Å². The predicted octanol–water partition coefficient (Wildman–Crippen LogP) is 1.97. The highest BCUT2D eigenvalue weighted by Crippen LogP contribution is 2.25. The van der Waals surface area contributed by atoms with Gasteiger partial charge in [0.1, 0.15) is 11.2 Å². The number of anilines is 1. The molecule has 0 unspecified atom stereocenters. The number of terminal acetylenes is 2. The van der Waals surface area contributed by atoms with Crippen LogP contribution in [0.3, 0.4) is 0 Å². The number of aromatic nitrogens is 1. The average Bonchev–Trinajstić information content (AvgIpc) is 2.97. The quantitative estimate of drug-likeness (QED) is 0.409. The fraction of sp³-hybridized carbons (Fsp3) is 0.261. The van der Waals surface area contributed by atoms with Gasteiger partial charge in [0.15, 0.2) is 11.6 Å². The van der Waals surface area contributed by atoms with E-state index >= 15 is 0 Å². The van der Waals surface area contributed by atoms with Crippen LogP contribution in [0.15, 0.2) is 18.2 Å². The Hall–Kier alpha value is -3.95. The van der Waals surface area contributed by atoms with Gasteiger partial charge in [0.25, 0.3) is 17.6 Å². The van der Waals surface area contributed by atoms with Gasteiger partial charge in [0, 0.05) is 17.4 Å². The first-order valence-electron chi connectivity index (χ1n) is 9.46. The fourth-order valence-electron chi connectivity index (χ4n) is 3.46. The van der Waals surface area contributed by atoms with Gasteiger partial charge in [-0.05, 0) is 31.5 Å². The van der Waals surface area contributed by atoms with Crippen LogP contribution in [0.2, 0.25) is 0 Å². The van der Waals surface area contributed by atoms with E-state index in [2.05, 4.69) is 22.5 Å². The lowest BCUT2D eigenvalue weighted by Gasteiger charge is -2.37. The molecule has 1 aliphatic heterocycles. The van der Waals surface area contributed by atoms with Gasteiger partial charge in [0.2, 0.25) is 0 Å². The summed E-state index contributed by atoms with van der Waals surface area (Å²) in [5, 5.41) is 4.95. The number of ether oxygens (including phenoxy) is 1. The van der Waals surface area contributed by atoms with E-state index in [-0.39, 0.29) is 42.3 Å². The molecule has 9 heteroatoms. The Morgan fingerprint density at radius 3 is 2.41 bits per heavy atom. The summed E-state index contributed by atoms with van der Waals surface area (Å²) in [6.45, 7) is 3.14. The maximum absolute atomic E-state index is 13.5. The van der Waals surface area contributed by atoms with Crippen molar-refractivity contribution >= 4 is 23.3 Å². The molecule has 0 aliphatic carbocycles. The number of rotatable bonds is 6. The van der Waals surface area contributed by atoms with Gasteiger partial charge < -0.3 is 19.9 Å². The van der Waals surface area contributed by atoms with E-state index in [1.165, 1.54) is 17.6 Å². The number of nitrogens with zero attached hydrogens (tertiary/aromatic N) is 1. The summed E-state index contributed by atoms with van der Waals surface area (Å²) in [7, 11) is 0. The maximum Gasteiger partial charge on any atom is 0.293 e. The third-order valence-electron chi connectivity index (χ3n) is 5.17. The molecule has 0 bridgehead atoms. The molecule has 164 valence electrons. The van der Waals surface area contributed by atoms with Crippen molar-refractivity contribution in [2.24, 2.45) is 0 Å². The minimum atomic E-state index is -1.13. The van der Waals surface area contributed by atoms with Crippen molar-refractivity contribution in [3.8, 4) is 24.7 Å². The Balaban J connectivity index is 1.96. The molecule has 1 fully saturated rings. The van der Waals surface area contributed by atoms with Gasteiger partial charge >= 0.3 is 0 Å². The number of benzene rings is 1. The summed E-state index contributed by atoms with van der Waals surface area (Å²) in [5.74, 6) is 0.0642. The summed E-state index contributed by atoms with van der Waals surface area (Å²) in [4.78, 5) is 38.5. The second-order valence-electron chi connectivity index (χ2n) is 7.31. The number of hydrogen-bond donors (Lipinski definition) is 2. The van der Waals surface area contributed by atoms with E-state index in [1.807, 2.05) is 0 Å². The molecule has 1 aromatic heterocycles. The lowest BCUT2D eigenvalue weighted by Crippen LogP contribution is -2.62. The molecule has 0 spiro atoms. The van der Waals surface area contributed by atoms with E-state index in [4.69, 9.17) is 17.6 Å². The van der Waals surface area contributed by atoms with Gasteiger partial charge in [-0.25, -0.2) is 8.78 Å². The molecule has 2 aromatic rings. The van der Waals surface area contributed by atoms with Crippen LogP contribution in [0.4, 0.5) is 14.5 Å². The highest BCUT2D eigenvalue weighted by Gasteiger charge is 2.40. The van der Waals surface area contributed by atoms with Gasteiger partial charge in [-0.2, -0.15) is 0 Å². The molecule has 7 nitrogen and oxygen atoms in total. The Kier molecular flexibility index (Phi) is 6.15. The van der Waals surface area contributed by atoms with Crippen molar-refractivity contribution in [2.45, 2.75) is 25.9 Å². The monoisotopic (exact) mass is 439 g/mol. The molecule has 2 N–H and O–H groups in total.